The van der Waals surface area contributed by atoms with E-state index in [2.05, 4.69) is 22.9 Å². The molecule has 2 fully saturated rings. The molecule has 0 radical (unpaired) electrons. The van der Waals surface area contributed by atoms with Crippen LogP contribution < -0.4 is 15.4 Å². The molecule has 2 aliphatic heterocycles. The van der Waals surface area contributed by atoms with Crippen molar-refractivity contribution < 1.29 is 9.53 Å². The van der Waals surface area contributed by atoms with E-state index in [-0.39, 0.29) is 22.6 Å². The van der Waals surface area contributed by atoms with Gasteiger partial charge in [0.05, 0.1) is 16.8 Å². The second-order valence-electron chi connectivity index (χ2n) is 7.81. The number of piperidine rings is 1. The number of carbonyl (C=O) groups excluding carboxylic acids is 1. The molecule has 1 N–H and O–H groups in total. The van der Waals surface area contributed by atoms with Crippen LogP contribution in [-0.2, 0) is 9.53 Å². The Balaban J connectivity index is 1.84. The number of anilines is 2. The second kappa shape index (κ2) is 6.95. The van der Waals surface area contributed by atoms with E-state index in [0.717, 1.165) is 30.3 Å². The molecule has 0 aliphatic carbocycles. The lowest BCUT2D eigenvalue weighted by atomic mass is 9.92. The maximum atomic E-state index is 12.5. The number of carbonyl (C=O) groups is 1. The van der Waals surface area contributed by atoms with E-state index in [1.54, 1.807) is 12.0 Å². The molecule has 0 bridgehead atoms. The zero-order valence-corrected chi connectivity index (χ0v) is 16.2. The van der Waals surface area contributed by atoms with Crippen molar-refractivity contribution in [2.24, 2.45) is 0 Å². The van der Waals surface area contributed by atoms with E-state index < -0.39 is 0 Å². The third-order valence-electron chi connectivity index (χ3n) is 6.10. The van der Waals surface area contributed by atoms with Crippen LogP contribution in [0.1, 0.15) is 38.2 Å². The van der Waals surface area contributed by atoms with Crippen molar-refractivity contribution in [1.82, 2.24) is 4.98 Å². The summed E-state index contributed by atoms with van der Waals surface area (Å²) in [5, 5.41) is 10.5. The molecule has 28 heavy (non-hydrogen) atoms. The molecule has 0 saturated carbocycles. The first-order valence-electron chi connectivity index (χ1n) is 9.66. The summed E-state index contributed by atoms with van der Waals surface area (Å²) in [4.78, 5) is 31.4. The van der Waals surface area contributed by atoms with Gasteiger partial charge in [0.15, 0.2) is 0 Å². The number of aromatic nitrogens is 1. The van der Waals surface area contributed by atoms with Gasteiger partial charge in [-0.15, -0.1) is 0 Å². The van der Waals surface area contributed by atoms with Crippen molar-refractivity contribution >= 4 is 28.2 Å². The summed E-state index contributed by atoms with van der Waals surface area (Å²) in [5.74, 6) is 0.111. The monoisotopic (exact) mass is 380 g/mol. The number of aromatic amines is 1. The molecule has 1 amide bonds. The molecule has 2 aromatic rings. The molecule has 1 aromatic carbocycles. The fraction of sp³-hybridized carbons (Fsp3) is 0.476. The number of hydrogen-bond donors (Lipinski definition) is 1. The fourth-order valence-corrected chi connectivity index (χ4v) is 4.19. The van der Waals surface area contributed by atoms with Gasteiger partial charge in [-0.05, 0) is 44.4 Å². The van der Waals surface area contributed by atoms with Gasteiger partial charge in [-0.1, -0.05) is 0 Å². The van der Waals surface area contributed by atoms with Crippen molar-refractivity contribution in [2.45, 2.75) is 38.2 Å². The topological polar surface area (TPSA) is 89.4 Å². The van der Waals surface area contributed by atoms with Crippen molar-refractivity contribution in [2.75, 3.05) is 36.5 Å². The zero-order valence-electron chi connectivity index (χ0n) is 16.2. The summed E-state index contributed by atoms with van der Waals surface area (Å²) >= 11 is 0. The van der Waals surface area contributed by atoms with Crippen molar-refractivity contribution in [3.05, 3.63) is 34.1 Å². The highest BCUT2D eigenvalue weighted by Gasteiger charge is 2.32. The van der Waals surface area contributed by atoms with Crippen LogP contribution in [0.2, 0.25) is 0 Å². The Labute approximate surface area is 163 Å². The summed E-state index contributed by atoms with van der Waals surface area (Å²) in [6.07, 6.45) is 3.03. The van der Waals surface area contributed by atoms with Crippen LogP contribution >= 0.6 is 0 Å². The van der Waals surface area contributed by atoms with Gasteiger partial charge in [0, 0.05) is 44.2 Å². The summed E-state index contributed by atoms with van der Waals surface area (Å²) < 4.78 is 5.63. The maximum absolute atomic E-state index is 12.5. The number of benzene rings is 1. The lowest BCUT2D eigenvalue weighted by Gasteiger charge is -2.40. The fourth-order valence-electron chi connectivity index (χ4n) is 4.19. The zero-order chi connectivity index (χ0) is 19.9. The van der Waals surface area contributed by atoms with Gasteiger partial charge in [-0.3, -0.25) is 9.59 Å². The highest BCUT2D eigenvalue weighted by Crippen LogP contribution is 2.35. The van der Waals surface area contributed by atoms with E-state index in [0.29, 0.717) is 37.3 Å². The standard InChI is InChI=1S/C21H24N4O3/c1-21(28-2)7-10-24(11-8-21)19-15-12-14(25-9-3-4-18(25)26)5-6-17(15)23-20(27)16(19)13-22/h5-6,12H,3-4,7-11H2,1-2H3,(H,23,27). The Kier molecular flexibility index (Phi) is 4.60. The molecule has 4 rings (SSSR count). The third kappa shape index (κ3) is 3.04. The molecular formula is C21H24N4O3. The third-order valence-corrected chi connectivity index (χ3v) is 6.10. The number of nitriles is 1. The van der Waals surface area contributed by atoms with Gasteiger partial charge in [0.1, 0.15) is 11.6 Å². The van der Waals surface area contributed by atoms with Crippen LogP contribution in [0, 0.1) is 11.3 Å². The molecule has 7 nitrogen and oxygen atoms in total. The molecule has 0 spiro atoms. The smallest absolute Gasteiger partial charge is 0.268 e. The molecule has 1 aromatic heterocycles. The summed E-state index contributed by atoms with van der Waals surface area (Å²) in [6.45, 7) is 4.18. The highest BCUT2D eigenvalue weighted by atomic mass is 16.5. The Hall–Kier alpha value is -2.85. The molecule has 2 aliphatic rings. The lowest BCUT2D eigenvalue weighted by Crippen LogP contribution is -2.44. The summed E-state index contributed by atoms with van der Waals surface area (Å²) in [5.41, 5.74) is 1.70. The Bertz CT molecular complexity index is 1030. The van der Waals surface area contributed by atoms with Gasteiger partial charge >= 0.3 is 0 Å². The number of methoxy groups -OCH3 is 1. The molecule has 7 heteroatoms. The predicted octanol–water partition coefficient (Wildman–Crippen LogP) is 2.53. The molecule has 146 valence electrons. The van der Waals surface area contributed by atoms with Crippen molar-refractivity contribution in [3.63, 3.8) is 0 Å². The number of nitrogens with one attached hydrogen (secondary N) is 1. The van der Waals surface area contributed by atoms with E-state index in [4.69, 9.17) is 4.74 Å². The number of H-pyrrole nitrogens is 1. The Morgan fingerprint density at radius 2 is 1.96 bits per heavy atom. The van der Waals surface area contributed by atoms with Gasteiger partial charge in [0.25, 0.3) is 5.56 Å². The summed E-state index contributed by atoms with van der Waals surface area (Å²) in [7, 11) is 1.72. The lowest BCUT2D eigenvalue weighted by molar-refractivity contribution is -0.117. The minimum Gasteiger partial charge on any atom is -0.378 e. The second-order valence-corrected chi connectivity index (χ2v) is 7.81. The van der Waals surface area contributed by atoms with Gasteiger partial charge in [-0.25, -0.2) is 0 Å². The first-order chi connectivity index (χ1) is 13.5. The van der Waals surface area contributed by atoms with Crippen LogP contribution in [0.4, 0.5) is 11.4 Å². The van der Waals surface area contributed by atoms with E-state index >= 15 is 0 Å². The number of pyridine rings is 1. The Morgan fingerprint density at radius 1 is 1.21 bits per heavy atom. The Morgan fingerprint density at radius 3 is 2.57 bits per heavy atom. The van der Waals surface area contributed by atoms with Crippen LogP contribution in [0.15, 0.2) is 23.0 Å². The van der Waals surface area contributed by atoms with Crippen LogP contribution in [0.3, 0.4) is 0 Å². The predicted molar refractivity (Wildman–Crippen MR) is 108 cm³/mol. The van der Waals surface area contributed by atoms with E-state index in [9.17, 15) is 14.9 Å². The molecule has 0 unspecified atom stereocenters. The first kappa shape index (κ1) is 18.5. The number of rotatable bonds is 3. The van der Waals surface area contributed by atoms with Crippen LogP contribution in [0.25, 0.3) is 10.9 Å². The maximum Gasteiger partial charge on any atom is 0.268 e. The molecular weight excluding hydrogens is 356 g/mol. The van der Waals surface area contributed by atoms with Crippen LogP contribution in [0.5, 0.6) is 0 Å². The number of ether oxygens (including phenoxy) is 1. The largest absolute Gasteiger partial charge is 0.378 e. The number of hydrogen-bond acceptors (Lipinski definition) is 5. The number of fused-ring (bicyclic) bond motifs is 1. The minimum absolute atomic E-state index is 0.111. The van der Waals surface area contributed by atoms with E-state index in [1.807, 2.05) is 18.2 Å². The SMILES string of the molecule is COC1(C)CCN(c2c(C#N)c(=O)[nH]c3ccc(N4CCCC4=O)cc23)CC1. The molecule has 3 heterocycles. The average Bonchev–Trinajstić information content (AvgIpc) is 3.13. The van der Waals surface area contributed by atoms with Gasteiger partial charge in [0.2, 0.25) is 5.91 Å². The number of amides is 1. The van der Waals surface area contributed by atoms with Crippen LogP contribution in [-0.4, -0.2) is 43.2 Å². The number of nitrogens with zero attached hydrogens (tertiary/aromatic N) is 3. The van der Waals surface area contributed by atoms with Gasteiger partial charge < -0.3 is 19.5 Å². The quantitative estimate of drug-likeness (QED) is 0.884. The van der Waals surface area contributed by atoms with Gasteiger partial charge in [-0.2, -0.15) is 5.26 Å². The average molecular weight is 380 g/mol. The van der Waals surface area contributed by atoms with Crippen molar-refractivity contribution in [1.29, 1.82) is 5.26 Å². The van der Waals surface area contributed by atoms with E-state index in [1.165, 1.54) is 0 Å². The highest BCUT2D eigenvalue weighted by molar-refractivity contribution is 6.01. The summed E-state index contributed by atoms with van der Waals surface area (Å²) in [6, 6.07) is 7.70. The normalized spacial score (nSPS) is 19.2. The van der Waals surface area contributed by atoms with Crippen molar-refractivity contribution in [3.8, 4) is 6.07 Å². The minimum atomic E-state index is -0.380. The molecule has 0 atom stereocenters. The first-order valence-corrected chi connectivity index (χ1v) is 9.66. The molecule has 2 saturated heterocycles.